The van der Waals surface area contributed by atoms with E-state index in [2.05, 4.69) is 27.1 Å². The number of pyridine rings is 1. The van der Waals surface area contributed by atoms with Crippen molar-refractivity contribution in [3.05, 3.63) is 66.6 Å². The molecule has 0 spiro atoms. The first-order valence-corrected chi connectivity index (χ1v) is 6.76. The number of para-hydroxylation sites is 1. The maximum Gasteiger partial charge on any atom is 0.185 e. The lowest BCUT2D eigenvalue weighted by molar-refractivity contribution is 0.111. The van der Waals surface area contributed by atoms with Gasteiger partial charge in [-0.15, -0.1) is 0 Å². The number of nitrogens with one attached hydrogen (secondary N) is 1. The molecule has 0 saturated heterocycles. The molecule has 22 heavy (non-hydrogen) atoms. The van der Waals surface area contributed by atoms with E-state index in [1.165, 1.54) is 5.39 Å². The van der Waals surface area contributed by atoms with Gasteiger partial charge >= 0.3 is 0 Å². The molecule has 0 amide bonds. The Labute approximate surface area is 126 Å². The van der Waals surface area contributed by atoms with Crippen LogP contribution < -0.4 is 5.73 Å². The van der Waals surface area contributed by atoms with Crippen LogP contribution in [0.5, 0.6) is 0 Å². The summed E-state index contributed by atoms with van der Waals surface area (Å²) < 4.78 is 0. The van der Waals surface area contributed by atoms with Crippen LogP contribution in [0.15, 0.2) is 60.8 Å². The number of nitrogens with two attached hydrogens (primary N) is 1. The molecule has 0 aliphatic rings. The number of rotatable bonds is 1. The van der Waals surface area contributed by atoms with Gasteiger partial charge in [0.15, 0.2) is 12.1 Å². The third kappa shape index (κ3) is 2.93. The van der Waals surface area contributed by atoms with Crippen LogP contribution >= 0.6 is 0 Å². The fourth-order valence-electron chi connectivity index (χ4n) is 2.12. The lowest BCUT2D eigenvalue weighted by Crippen LogP contribution is -1.82. The average Bonchev–Trinajstić information content (AvgIpc) is 2.98. The minimum Gasteiger partial charge on any atom is -0.399 e. The summed E-state index contributed by atoms with van der Waals surface area (Å²) in [5, 5.41) is 1.20. The molecule has 0 bridgehead atoms. The van der Waals surface area contributed by atoms with E-state index in [-0.39, 0.29) is 0 Å². The number of imidazole rings is 1. The van der Waals surface area contributed by atoms with Gasteiger partial charge in [0.2, 0.25) is 0 Å². The molecule has 0 saturated carbocycles. The highest BCUT2D eigenvalue weighted by atomic mass is 16.1. The molecule has 5 nitrogen and oxygen atoms in total. The van der Waals surface area contributed by atoms with Gasteiger partial charge in [-0.2, -0.15) is 0 Å². The molecule has 0 unspecified atom stereocenters. The number of hydrogen-bond acceptors (Lipinski definition) is 4. The summed E-state index contributed by atoms with van der Waals surface area (Å²) in [6.07, 6.45) is 2.48. The van der Waals surface area contributed by atoms with Crippen LogP contribution in [0.2, 0.25) is 0 Å². The van der Waals surface area contributed by atoms with E-state index in [1.54, 1.807) is 18.2 Å². The molecular formula is C17H14N4O. The minimum atomic E-state index is 0.329. The van der Waals surface area contributed by atoms with Crippen LogP contribution in [0, 0.1) is 0 Å². The topological polar surface area (TPSA) is 84.7 Å². The minimum absolute atomic E-state index is 0.329. The van der Waals surface area contributed by atoms with E-state index in [0.717, 1.165) is 16.6 Å². The number of carbonyl (C=O) groups excluding carboxylic acids is 1. The van der Waals surface area contributed by atoms with Gasteiger partial charge in [-0.25, -0.2) is 4.98 Å². The number of nitrogen functional groups attached to an aromatic ring is 1. The van der Waals surface area contributed by atoms with Gasteiger partial charge in [0.25, 0.3) is 0 Å². The number of carbonyl (C=O) groups is 1. The number of nitrogens with zero attached hydrogens (tertiary/aromatic N) is 2. The molecule has 0 aliphatic heterocycles. The fraction of sp³-hybridized carbons (Fsp3) is 0. The number of hydrogen-bond donors (Lipinski definition) is 2. The van der Waals surface area contributed by atoms with E-state index >= 15 is 0 Å². The molecule has 0 fully saturated rings. The number of aromatic amines is 1. The molecule has 4 rings (SSSR count). The smallest absolute Gasteiger partial charge is 0.185 e. The zero-order valence-electron chi connectivity index (χ0n) is 11.7. The van der Waals surface area contributed by atoms with Gasteiger partial charge in [0.05, 0.1) is 16.6 Å². The monoisotopic (exact) mass is 290 g/mol. The highest BCUT2D eigenvalue weighted by molar-refractivity contribution is 5.83. The summed E-state index contributed by atoms with van der Waals surface area (Å²) in [5.74, 6) is 0.329. The summed E-state index contributed by atoms with van der Waals surface area (Å²) in [6, 6.07) is 17.4. The van der Waals surface area contributed by atoms with Crippen molar-refractivity contribution >= 4 is 33.9 Å². The zero-order chi connectivity index (χ0) is 15.4. The Kier molecular flexibility index (Phi) is 3.78. The second-order valence-corrected chi connectivity index (χ2v) is 4.71. The normalized spacial score (nSPS) is 10.2. The summed E-state index contributed by atoms with van der Waals surface area (Å²) in [7, 11) is 0. The largest absolute Gasteiger partial charge is 0.399 e. The van der Waals surface area contributed by atoms with E-state index in [9.17, 15) is 4.79 Å². The molecule has 3 N–H and O–H groups in total. The number of H-pyrrole nitrogens is 1. The summed E-state index contributed by atoms with van der Waals surface area (Å²) in [5.41, 5.74) is 8.80. The molecule has 2 aromatic heterocycles. The van der Waals surface area contributed by atoms with Gasteiger partial charge in [-0.05, 0) is 30.3 Å². The molecule has 0 radical (unpaired) electrons. The van der Waals surface area contributed by atoms with Crippen LogP contribution in [0.4, 0.5) is 5.69 Å². The van der Waals surface area contributed by atoms with Crippen LogP contribution in [0.3, 0.4) is 0 Å². The quantitative estimate of drug-likeness (QED) is 0.416. The molecule has 108 valence electrons. The standard InChI is InChI=1S/C9H7N.C8H7N3O/c1-2-6-9-8(4-1)5-3-7-10-9;9-5-1-2-6-7(3-5)11-8(4-12)10-6/h1-7H;1-4H,9H2,(H,10,11). The lowest BCUT2D eigenvalue weighted by Gasteiger charge is -1.91. The highest BCUT2D eigenvalue weighted by Crippen LogP contribution is 2.13. The number of fused-ring (bicyclic) bond motifs is 2. The van der Waals surface area contributed by atoms with Gasteiger partial charge in [0.1, 0.15) is 0 Å². The molecule has 2 aromatic carbocycles. The van der Waals surface area contributed by atoms with Crippen molar-refractivity contribution in [2.75, 3.05) is 5.73 Å². The molecule has 5 heteroatoms. The number of anilines is 1. The van der Waals surface area contributed by atoms with Crippen LogP contribution in [-0.4, -0.2) is 21.2 Å². The Balaban J connectivity index is 0.000000133. The summed E-state index contributed by atoms with van der Waals surface area (Å²) >= 11 is 0. The predicted octanol–water partition coefficient (Wildman–Crippen LogP) is 3.19. The highest BCUT2D eigenvalue weighted by Gasteiger charge is 2.00. The van der Waals surface area contributed by atoms with E-state index in [1.807, 2.05) is 30.5 Å². The first kappa shape index (κ1) is 13.8. The number of aldehydes is 1. The van der Waals surface area contributed by atoms with Gasteiger partial charge in [-0.3, -0.25) is 9.78 Å². The van der Waals surface area contributed by atoms with Crippen LogP contribution in [0.25, 0.3) is 21.9 Å². The van der Waals surface area contributed by atoms with Crippen LogP contribution in [0.1, 0.15) is 10.6 Å². The molecule has 4 aromatic rings. The fourth-order valence-corrected chi connectivity index (χ4v) is 2.12. The van der Waals surface area contributed by atoms with Gasteiger partial charge < -0.3 is 10.7 Å². The second-order valence-electron chi connectivity index (χ2n) is 4.71. The average molecular weight is 290 g/mol. The van der Waals surface area contributed by atoms with Crippen molar-refractivity contribution in [2.24, 2.45) is 0 Å². The van der Waals surface area contributed by atoms with Crippen molar-refractivity contribution in [3.63, 3.8) is 0 Å². The van der Waals surface area contributed by atoms with Crippen LogP contribution in [-0.2, 0) is 0 Å². The Hall–Kier alpha value is -3.21. The van der Waals surface area contributed by atoms with Crippen molar-refractivity contribution in [2.45, 2.75) is 0 Å². The van der Waals surface area contributed by atoms with Crippen molar-refractivity contribution in [1.29, 1.82) is 0 Å². The third-order valence-corrected chi connectivity index (χ3v) is 3.15. The summed E-state index contributed by atoms with van der Waals surface area (Å²) in [6.45, 7) is 0. The van der Waals surface area contributed by atoms with Gasteiger partial charge in [-0.1, -0.05) is 24.3 Å². The Morgan fingerprint density at radius 1 is 1.00 bits per heavy atom. The SMILES string of the molecule is Nc1ccc2nc(C=O)[nH]c2c1.c1ccc2ncccc2c1. The lowest BCUT2D eigenvalue weighted by atomic mass is 10.2. The van der Waals surface area contributed by atoms with Gasteiger partial charge in [0, 0.05) is 17.3 Å². The molecule has 2 heterocycles. The Bertz CT molecular complexity index is 865. The maximum absolute atomic E-state index is 10.3. The van der Waals surface area contributed by atoms with Crippen molar-refractivity contribution in [3.8, 4) is 0 Å². The molecule has 0 atom stereocenters. The number of benzene rings is 2. The third-order valence-electron chi connectivity index (χ3n) is 3.15. The zero-order valence-corrected chi connectivity index (χ0v) is 11.7. The first-order chi connectivity index (χ1) is 10.8. The maximum atomic E-state index is 10.3. The van der Waals surface area contributed by atoms with Crippen molar-refractivity contribution < 1.29 is 4.79 Å². The van der Waals surface area contributed by atoms with E-state index in [4.69, 9.17) is 5.73 Å². The first-order valence-electron chi connectivity index (χ1n) is 6.76. The van der Waals surface area contributed by atoms with E-state index in [0.29, 0.717) is 17.8 Å². The predicted molar refractivity (Wildman–Crippen MR) is 87.6 cm³/mol. The molecular weight excluding hydrogens is 276 g/mol. The van der Waals surface area contributed by atoms with Crippen molar-refractivity contribution in [1.82, 2.24) is 15.0 Å². The molecule has 0 aliphatic carbocycles. The number of aromatic nitrogens is 3. The Morgan fingerprint density at radius 3 is 2.64 bits per heavy atom. The summed E-state index contributed by atoms with van der Waals surface area (Å²) in [4.78, 5) is 21.3. The second kappa shape index (κ2) is 6.05. The van der Waals surface area contributed by atoms with E-state index < -0.39 is 0 Å². The Morgan fingerprint density at radius 2 is 1.82 bits per heavy atom.